The van der Waals surface area contributed by atoms with Gasteiger partial charge in [-0.05, 0) is 19.1 Å². The van der Waals surface area contributed by atoms with Crippen molar-refractivity contribution in [3.63, 3.8) is 0 Å². The van der Waals surface area contributed by atoms with E-state index in [0.29, 0.717) is 6.07 Å². The van der Waals surface area contributed by atoms with E-state index in [0.717, 1.165) is 12.1 Å². The first-order valence-corrected chi connectivity index (χ1v) is 10.4. The summed E-state index contributed by atoms with van der Waals surface area (Å²) in [5.74, 6) is -3.71. The van der Waals surface area contributed by atoms with Gasteiger partial charge in [0.15, 0.2) is 9.84 Å². The predicted molar refractivity (Wildman–Crippen MR) is 96.1 cm³/mol. The molecule has 1 fully saturated rings. The Morgan fingerprint density at radius 1 is 1.18 bits per heavy atom. The maximum absolute atomic E-state index is 13.5. The summed E-state index contributed by atoms with van der Waals surface area (Å²) in [5.41, 5.74) is -0.342. The minimum atomic E-state index is -3.12. The lowest BCUT2D eigenvalue weighted by Crippen LogP contribution is -2.51. The largest absolute Gasteiger partial charge is 0.351 e. The molecule has 1 atom stereocenters. The van der Waals surface area contributed by atoms with Crippen LogP contribution in [0.3, 0.4) is 0 Å². The molecular formula is C17H21F2N3O5S. The van der Waals surface area contributed by atoms with Gasteiger partial charge in [-0.2, -0.15) is 0 Å². The summed E-state index contributed by atoms with van der Waals surface area (Å²) in [6.45, 7) is 1.54. The van der Waals surface area contributed by atoms with E-state index in [1.165, 1.54) is 11.8 Å². The smallest absolute Gasteiger partial charge is 0.254 e. The highest BCUT2D eigenvalue weighted by atomic mass is 32.2. The van der Waals surface area contributed by atoms with E-state index in [1.807, 2.05) is 0 Å². The number of carbonyl (C=O) groups excluding carboxylic acids is 3. The molecule has 0 spiro atoms. The highest BCUT2D eigenvalue weighted by Gasteiger charge is 2.28. The van der Waals surface area contributed by atoms with E-state index >= 15 is 0 Å². The van der Waals surface area contributed by atoms with E-state index in [1.54, 1.807) is 0 Å². The maximum Gasteiger partial charge on any atom is 0.254 e. The van der Waals surface area contributed by atoms with Crippen LogP contribution < -0.4 is 10.6 Å². The monoisotopic (exact) mass is 417 g/mol. The van der Waals surface area contributed by atoms with E-state index in [2.05, 4.69) is 10.6 Å². The Balaban J connectivity index is 1.75. The van der Waals surface area contributed by atoms with Crippen LogP contribution in [-0.4, -0.2) is 68.2 Å². The Morgan fingerprint density at radius 3 is 2.43 bits per heavy atom. The molecule has 1 saturated heterocycles. The molecule has 0 aliphatic carbocycles. The van der Waals surface area contributed by atoms with Gasteiger partial charge in [0.05, 0.1) is 17.1 Å². The molecule has 1 heterocycles. The fraction of sp³-hybridized carbons (Fsp3) is 0.471. The molecule has 154 valence electrons. The van der Waals surface area contributed by atoms with Crippen molar-refractivity contribution in [1.29, 1.82) is 0 Å². The van der Waals surface area contributed by atoms with Crippen molar-refractivity contribution in [2.45, 2.75) is 19.4 Å². The number of nitrogens with zero attached hydrogens (tertiary/aromatic N) is 1. The predicted octanol–water partition coefficient (Wildman–Crippen LogP) is -0.154. The molecule has 1 aliphatic rings. The van der Waals surface area contributed by atoms with Gasteiger partial charge in [0.2, 0.25) is 11.8 Å². The first-order valence-electron chi connectivity index (χ1n) is 8.61. The third kappa shape index (κ3) is 5.98. The van der Waals surface area contributed by atoms with E-state index < -0.39 is 39.3 Å². The normalized spacial score (nSPS) is 16.9. The Labute approximate surface area is 161 Å². The van der Waals surface area contributed by atoms with Gasteiger partial charge < -0.3 is 15.5 Å². The minimum Gasteiger partial charge on any atom is -0.351 e. The van der Waals surface area contributed by atoms with Gasteiger partial charge in [-0.15, -0.1) is 0 Å². The summed E-state index contributed by atoms with van der Waals surface area (Å²) in [6.07, 6.45) is -0.152. The fourth-order valence-electron chi connectivity index (χ4n) is 2.64. The molecule has 0 bridgehead atoms. The van der Waals surface area contributed by atoms with Crippen LogP contribution in [0.4, 0.5) is 8.78 Å². The molecule has 2 N–H and O–H groups in total. The number of benzene rings is 1. The Kier molecular flexibility index (Phi) is 7.05. The second-order valence-corrected chi connectivity index (χ2v) is 8.70. The molecule has 1 aromatic rings. The Hall–Kier alpha value is -2.56. The molecule has 0 saturated carbocycles. The molecule has 3 amide bonds. The highest BCUT2D eigenvalue weighted by molar-refractivity contribution is 7.91. The maximum atomic E-state index is 13.5. The van der Waals surface area contributed by atoms with E-state index in [-0.39, 0.29) is 49.0 Å². The second-order valence-electron chi connectivity index (χ2n) is 6.40. The first kappa shape index (κ1) is 21.7. The van der Waals surface area contributed by atoms with Crippen LogP contribution in [0.2, 0.25) is 0 Å². The number of halogens is 2. The fourth-order valence-corrected chi connectivity index (χ4v) is 3.84. The number of rotatable bonds is 6. The summed E-state index contributed by atoms with van der Waals surface area (Å²) in [7, 11) is -3.12. The summed E-state index contributed by atoms with van der Waals surface area (Å²) in [4.78, 5) is 37.4. The van der Waals surface area contributed by atoms with Gasteiger partial charge in [-0.1, -0.05) is 0 Å². The molecule has 0 radical (unpaired) electrons. The topological polar surface area (TPSA) is 113 Å². The van der Waals surface area contributed by atoms with Crippen LogP contribution in [0.1, 0.15) is 23.7 Å². The van der Waals surface area contributed by atoms with E-state index in [4.69, 9.17) is 0 Å². The minimum absolute atomic E-state index is 0.0840. The molecular weight excluding hydrogens is 396 g/mol. The number of hydrogen-bond donors (Lipinski definition) is 2. The first-order chi connectivity index (χ1) is 13.1. The van der Waals surface area contributed by atoms with Crippen molar-refractivity contribution in [2.24, 2.45) is 0 Å². The van der Waals surface area contributed by atoms with Gasteiger partial charge in [-0.3, -0.25) is 14.4 Å². The van der Waals surface area contributed by atoms with E-state index in [9.17, 15) is 31.6 Å². The Bertz CT molecular complexity index is 862. The van der Waals surface area contributed by atoms with Crippen molar-refractivity contribution >= 4 is 27.6 Å². The number of amides is 3. The summed E-state index contributed by atoms with van der Waals surface area (Å²) >= 11 is 0. The van der Waals surface area contributed by atoms with Crippen LogP contribution in [0.15, 0.2) is 18.2 Å². The molecule has 2 rings (SSSR count). The van der Waals surface area contributed by atoms with Gasteiger partial charge in [0, 0.05) is 32.1 Å². The van der Waals surface area contributed by atoms with Crippen LogP contribution >= 0.6 is 0 Å². The van der Waals surface area contributed by atoms with Crippen molar-refractivity contribution < 1.29 is 31.6 Å². The average Bonchev–Trinajstić information content (AvgIpc) is 2.60. The third-order valence-corrected chi connectivity index (χ3v) is 5.83. The van der Waals surface area contributed by atoms with Gasteiger partial charge in [-0.25, -0.2) is 17.2 Å². The lowest BCUT2D eigenvalue weighted by Gasteiger charge is -2.29. The zero-order valence-corrected chi connectivity index (χ0v) is 16.0. The Morgan fingerprint density at radius 2 is 1.82 bits per heavy atom. The molecule has 1 aliphatic heterocycles. The second kappa shape index (κ2) is 9.09. The SMILES string of the molecule is CC(NC(=O)CCNC(=O)c1ccc(F)cc1F)C(=O)N1CCS(=O)(=O)CC1. The zero-order valence-electron chi connectivity index (χ0n) is 15.2. The lowest BCUT2D eigenvalue weighted by molar-refractivity contribution is -0.135. The van der Waals surface area contributed by atoms with Crippen LogP contribution in [0, 0.1) is 11.6 Å². The summed E-state index contributed by atoms with van der Waals surface area (Å²) in [6, 6.07) is 1.68. The molecule has 11 heteroatoms. The number of nitrogens with one attached hydrogen (secondary N) is 2. The number of carbonyl (C=O) groups is 3. The van der Waals surface area contributed by atoms with Gasteiger partial charge in [0.1, 0.15) is 17.7 Å². The summed E-state index contributed by atoms with van der Waals surface area (Å²) < 4.78 is 49.1. The average molecular weight is 417 g/mol. The van der Waals surface area contributed by atoms with Crippen LogP contribution in [-0.2, 0) is 19.4 Å². The molecule has 1 aromatic carbocycles. The molecule has 28 heavy (non-hydrogen) atoms. The standard InChI is InChI=1S/C17H21F2N3O5S/c1-11(17(25)22-6-8-28(26,27)9-7-22)21-15(23)4-5-20-16(24)13-3-2-12(18)10-14(13)19/h2-3,10-11H,4-9H2,1H3,(H,20,24)(H,21,23). The lowest BCUT2D eigenvalue weighted by atomic mass is 10.2. The van der Waals surface area contributed by atoms with Crippen LogP contribution in [0.25, 0.3) is 0 Å². The molecule has 1 unspecified atom stereocenters. The van der Waals surface area contributed by atoms with Crippen molar-refractivity contribution in [1.82, 2.24) is 15.5 Å². The third-order valence-electron chi connectivity index (χ3n) is 4.22. The number of sulfone groups is 1. The number of hydrogen-bond acceptors (Lipinski definition) is 5. The van der Waals surface area contributed by atoms with Gasteiger partial charge in [0.25, 0.3) is 5.91 Å². The van der Waals surface area contributed by atoms with Gasteiger partial charge >= 0.3 is 0 Å². The van der Waals surface area contributed by atoms with Crippen molar-refractivity contribution in [2.75, 3.05) is 31.1 Å². The summed E-state index contributed by atoms with van der Waals surface area (Å²) in [5, 5.41) is 4.82. The van der Waals surface area contributed by atoms with Crippen molar-refractivity contribution in [3.8, 4) is 0 Å². The highest BCUT2D eigenvalue weighted by Crippen LogP contribution is 2.09. The van der Waals surface area contributed by atoms with Crippen molar-refractivity contribution in [3.05, 3.63) is 35.4 Å². The molecule has 0 aromatic heterocycles. The zero-order chi connectivity index (χ0) is 20.9. The molecule has 8 nitrogen and oxygen atoms in total. The quantitative estimate of drug-likeness (QED) is 0.668. The van der Waals surface area contributed by atoms with Crippen LogP contribution in [0.5, 0.6) is 0 Å².